The van der Waals surface area contributed by atoms with Gasteiger partial charge in [0.25, 0.3) is 10.0 Å². The normalized spacial score (nSPS) is 13.9. The summed E-state index contributed by atoms with van der Waals surface area (Å²) in [5.74, 6) is -1.03. The van der Waals surface area contributed by atoms with Crippen LogP contribution in [0.2, 0.25) is 0 Å². The predicted octanol–water partition coefficient (Wildman–Crippen LogP) is 3.29. The molecule has 0 radical (unpaired) electrons. The highest BCUT2D eigenvalue weighted by Crippen LogP contribution is 2.29. The fraction of sp³-hybridized carbons (Fsp3) is 0.105. The maximum atomic E-state index is 12.8. The number of nitrogens with zero attached hydrogens (tertiary/aromatic N) is 3. The van der Waals surface area contributed by atoms with Gasteiger partial charge < -0.3 is 5.32 Å². The van der Waals surface area contributed by atoms with Crippen molar-refractivity contribution in [1.29, 1.82) is 0 Å². The molecular formula is C19H14ClN5O4S2. The van der Waals surface area contributed by atoms with Crippen molar-refractivity contribution in [1.82, 2.24) is 15.2 Å². The van der Waals surface area contributed by atoms with Crippen molar-refractivity contribution >= 4 is 55.3 Å². The number of rotatable bonds is 5. The minimum atomic E-state index is -3.86. The molecule has 2 aromatic heterocycles. The molecule has 9 nitrogen and oxygen atoms in total. The third-order valence-corrected chi connectivity index (χ3v) is 6.92. The Balaban J connectivity index is 1.58. The van der Waals surface area contributed by atoms with Gasteiger partial charge in [-0.3, -0.25) is 14.3 Å². The summed E-state index contributed by atoms with van der Waals surface area (Å²) >= 11 is 7.25. The number of hydrogen-bond donors (Lipinski definition) is 2. The maximum Gasteiger partial charge on any atom is 0.263 e. The number of Topliss-reactive ketones (excluding diaryl/α,β-unsaturated/α-hetero) is 2. The van der Waals surface area contributed by atoms with Crippen molar-refractivity contribution in [3.63, 3.8) is 0 Å². The molecule has 0 atom stereocenters. The lowest BCUT2D eigenvalue weighted by Crippen LogP contribution is -2.25. The van der Waals surface area contributed by atoms with Gasteiger partial charge in [-0.25, -0.2) is 13.4 Å². The van der Waals surface area contributed by atoms with E-state index < -0.39 is 21.6 Å². The average molecular weight is 476 g/mol. The van der Waals surface area contributed by atoms with Gasteiger partial charge in [-0.05, 0) is 50.2 Å². The van der Waals surface area contributed by atoms with Crippen molar-refractivity contribution < 1.29 is 18.0 Å². The number of ketones is 2. The minimum absolute atomic E-state index is 0.0120. The fourth-order valence-corrected chi connectivity index (χ4v) is 4.89. The number of aryl methyl sites for hydroxylation is 2. The third kappa shape index (κ3) is 4.07. The number of sulfonamides is 1. The number of fused-ring (bicyclic) bond motifs is 1. The summed E-state index contributed by atoms with van der Waals surface area (Å²) in [6.07, 6.45) is 0. The van der Waals surface area contributed by atoms with Gasteiger partial charge in [-0.2, -0.15) is 0 Å². The van der Waals surface area contributed by atoms with Gasteiger partial charge in [0.15, 0.2) is 0 Å². The van der Waals surface area contributed by atoms with Crippen LogP contribution in [-0.2, 0) is 10.0 Å². The Morgan fingerprint density at radius 2 is 1.68 bits per heavy atom. The smallest absolute Gasteiger partial charge is 0.263 e. The second-order valence-electron chi connectivity index (χ2n) is 6.58. The molecule has 0 unspecified atom stereocenters. The second kappa shape index (κ2) is 7.84. The number of nitrogens with one attached hydrogen (secondary N) is 2. The molecule has 1 aliphatic carbocycles. The SMILES string of the molecule is Cc1ccc2c(n1)C(=O)C(Cl)=C(Nc1ccc(S(=O)(=O)Nc3nnc(C)s3)cc1)C2=O. The molecular weight excluding hydrogens is 462 g/mol. The van der Waals surface area contributed by atoms with Gasteiger partial charge in [0.2, 0.25) is 16.7 Å². The number of allylic oxidation sites excluding steroid dienone is 2. The van der Waals surface area contributed by atoms with Crippen molar-refractivity contribution in [3.05, 3.63) is 69.1 Å². The maximum absolute atomic E-state index is 12.8. The van der Waals surface area contributed by atoms with Crippen LogP contribution in [0.3, 0.4) is 0 Å². The summed E-state index contributed by atoms with van der Waals surface area (Å²) in [5.41, 5.74) is 1.04. The zero-order valence-corrected chi connectivity index (χ0v) is 18.5. The molecule has 0 saturated carbocycles. The van der Waals surface area contributed by atoms with Crippen molar-refractivity contribution in [2.24, 2.45) is 0 Å². The molecule has 0 spiro atoms. The molecule has 0 aliphatic heterocycles. The van der Waals surface area contributed by atoms with Crippen LogP contribution < -0.4 is 10.0 Å². The average Bonchev–Trinajstić information content (AvgIpc) is 3.13. The molecule has 0 fully saturated rings. The van der Waals surface area contributed by atoms with Crippen LogP contribution in [0.5, 0.6) is 0 Å². The Kier molecular flexibility index (Phi) is 5.33. The molecule has 2 N–H and O–H groups in total. The summed E-state index contributed by atoms with van der Waals surface area (Å²) in [4.78, 5) is 29.4. The Bertz CT molecular complexity index is 1360. The first-order chi connectivity index (χ1) is 14.7. The number of anilines is 2. The van der Waals surface area contributed by atoms with Gasteiger partial charge >= 0.3 is 0 Å². The van der Waals surface area contributed by atoms with Crippen molar-refractivity contribution in [2.75, 3.05) is 10.0 Å². The van der Waals surface area contributed by atoms with Crippen LogP contribution in [0.1, 0.15) is 31.5 Å². The van der Waals surface area contributed by atoms with E-state index in [2.05, 4.69) is 25.2 Å². The van der Waals surface area contributed by atoms with Gasteiger partial charge in [-0.1, -0.05) is 22.9 Å². The molecule has 31 heavy (non-hydrogen) atoms. The molecule has 4 rings (SSSR count). The second-order valence-corrected chi connectivity index (χ2v) is 9.82. The Labute approximate surface area is 186 Å². The Morgan fingerprint density at radius 1 is 0.968 bits per heavy atom. The van der Waals surface area contributed by atoms with Crippen LogP contribution in [0.15, 0.2) is 52.0 Å². The van der Waals surface area contributed by atoms with Gasteiger partial charge in [-0.15, -0.1) is 10.2 Å². The summed E-state index contributed by atoms with van der Waals surface area (Å²) in [7, 11) is -3.86. The van der Waals surface area contributed by atoms with Gasteiger partial charge in [0, 0.05) is 11.4 Å². The highest BCUT2D eigenvalue weighted by atomic mass is 35.5. The van der Waals surface area contributed by atoms with E-state index >= 15 is 0 Å². The topological polar surface area (TPSA) is 131 Å². The molecule has 12 heteroatoms. The molecule has 1 aliphatic rings. The van der Waals surface area contributed by atoms with Crippen molar-refractivity contribution in [3.8, 4) is 0 Å². The predicted molar refractivity (Wildman–Crippen MR) is 116 cm³/mol. The lowest BCUT2D eigenvalue weighted by Gasteiger charge is -2.18. The molecule has 3 aromatic rings. The zero-order valence-electron chi connectivity index (χ0n) is 16.1. The highest BCUT2D eigenvalue weighted by Gasteiger charge is 2.33. The summed E-state index contributed by atoms with van der Waals surface area (Å²) < 4.78 is 27.3. The number of benzene rings is 1. The summed E-state index contributed by atoms with van der Waals surface area (Å²) in [6.45, 7) is 3.42. The lowest BCUT2D eigenvalue weighted by atomic mass is 9.96. The largest absolute Gasteiger partial charge is 0.351 e. The first-order valence-corrected chi connectivity index (χ1v) is 11.5. The zero-order chi connectivity index (χ0) is 22.3. The number of halogens is 1. The van der Waals surface area contributed by atoms with E-state index in [1.165, 1.54) is 30.3 Å². The Hall–Kier alpha value is -3.15. The van der Waals surface area contributed by atoms with Crippen LogP contribution in [0, 0.1) is 13.8 Å². The van der Waals surface area contributed by atoms with Gasteiger partial charge in [0.1, 0.15) is 21.4 Å². The number of pyridine rings is 1. The van der Waals surface area contributed by atoms with E-state index in [1.54, 1.807) is 19.9 Å². The molecule has 0 saturated heterocycles. The summed E-state index contributed by atoms with van der Waals surface area (Å²) in [5, 5.41) is 10.8. The molecule has 1 aromatic carbocycles. The van der Waals surface area contributed by atoms with E-state index in [1.807, 2.05) is 0 Å². The standard InChI is InChI=1S/C19H14ClN5O4S2/c1-9-3-8-13-15(21-9)18(27)14(20)16(17(13)26)22-11-4-6-12(7-5-11)31(28,29)25-19-24-23-10(2)30-19/h3-8,22H,1-2H3,(H,24,25). The van der Waals surface area contributed by atoms with Crippen LogP contribution >= 0.6 is 22.9 Å². The minimum Gasteiger partial charge on any atom is -0.351 e. The Morgan fingerprint density at radius 3 is 2.32 bits per heavy atom. The van der Waals surface area contributed by atoms with Crippen molar-refractivity contribution in [2.45, 2.75) is 18.7 Å². The lowest BCUT2D eigenvalue weighted by molar-refractivity contribution is 0.0978. The quantitative estimate of drug-likeness (QED) is 0.574. The number of carbonyl (C=O) groups excluding carboxylic acids is 2. The van der Waals surface area contributed by atoms with Crippen LogP contribution in [-0.4, -0.2) is 35.2 Å². The fourth-order valence-electron chi connectivity index (χ4n) is 2.85. The first kappa shape index (κ1) is 21.1. The molecule has 0 amide bonds. The first-order valence-electron chi connectivity index (χ1n) is 8.82. The van der Waals surface area contributed by atoms with E-state index in [-0.39, 0.29) is 32.0 Å². The number of carbonyl (C=O) groups is 2. The monoisotopic (exact) mass is 475 g/mol. The highest BCUT2D eigenvalue weighted by molar-refractivity contribution is 7.93. The van der Waals surface area contributed by atoms with Crippen LogP contribution in [0.4, 0.5) is 10.8 Å². The van der Waals surface area contributed by atoms with E-state index in [4.69, 9.17) is 11.6 Å². The number of aromatic nitrogens is 3. The van der Waals surface area contributed by atoms with E-state index in [9.17, 15) is 18.0 Å². The molecule has 158 valence electrons. The van der Waals surface area contributed by atoms with Crippen LogP contribution in [0.25, 0.3) is 0 Å². The molecule has 0 bridgehead atoms. The molecule has 2 heterocycles. The summed E-state index contributed by atoms with van der Waals surface area (Å²) in [6, 6.07) is 8.77. The third-order valence-electron chi connectivity index (χ3n) is 4.32. The van der Waals surface area contributed by atoms with Gasteiger partial charge in [0.05, 0.1) is 10.5 Å². The van der Waals surface area contributed by atoms with E-state index in [0.29, 0.717) is 16.4 Å². The number of hydrogen-bond acceptors (Lipinski definition) is 9. The van der Waals surface area contributed by atoms with E-state index in [0.717, 1.165) is 11.3 Å².